The van der Waals surface area contributed by atoms with Gasteiger partial charge in [0, 0.05) is 26.2 Å². The predicted octanol–water partition coefficient (Wildman–Crippen LogP) is 3.44. The normalized spacial score (nSPS) is 10.8. The number of hydrogen-bond acceptors (Lipinski definition) is 3. The monoisotopic (exact) mass is 307 g/mol. The minimum absolute atomic E-state index is 0.639. The maximum atomic E-state index is 8.90. The summed E-state index contributed by atoms with van der Waals surface area (Å²) in [4.78, 5) is 2.37. The van der Waals surface area contributed by atoms with Gasteiger partial charge in [0.1, 0.15) is 0 Å². The Morgan fingerprint density at radius 2 is 1.61 bits per heavy atom. The summed E-state index contributed by atoms with van der Waals surface area (Å²) in [7, 11) is 0. The van der Waals surface area contributed by atoms with E-state index < -0.39 is 0 Å². The molecule has 0 atom stereocenters. The Balaban J connectivity index is 2.17. The van der Waals surface area contributed by atoms with Gasteiger partial charge in [-0.3, -0.25) is 4.90 Å². The fraction of sp³-hybridized carbons (Fsp3) is 0.350. The lowest BCUT2D eigenvalue weighted by Gasteiger charge is -2.24. The van der Waals surface area contributed by atoms with Crippen LogP contribution in [-0.2, 0) is 13.1 Å². The van der Waals surface area contributed by atoms with Crippen molar-refractivity contribution >= 4 is 0 Å². The second-order valence-electron chi connectivity index (χ2n) is 6.19. The van der Waals surface area contributed by atoms with Crippen molar-refractivity contribution in [3.63, 3.8) is 0 Å². The third-order valence-electron chi connectivity index (χ3n) is 4.16. The molecule has 0 unspecified atom stereocenters. The summed E-state index contributed by atoms with van der Waals surface area (Å²) >= 11 is 0. The fourth-order valence-electron chi connectivity index (χ4n) is 3.02. The van der Waals surface area contributed by atoms with E-state index >= 15 is 0 Å². The van der Waals surface area contributed by atoms with Crippen LogP contribution in [-0.4, -0.2) is 18.0 Å². The average molecular weight is 307 g/mol. The smallest absolute Gasteiger partial charge is 0.0991 e. The first-order valence-corrected chi connectivity index (χ1v) is 8.01. The summed E-state index contributed by atoms with van der Waals surface area (Å²) in [5.74, 6) is 0. The molecule has 0 aliphatic rings. The molecule has 0 aliphatic carbocycles. The van der Waals surface area contributed by atoms with Gasteiger partial charge in [-0.05, 0) is 55.2 Å². The van der Waals surface area contributed by atoms with Crippen LogP contribution in [0.5, 0.6) is 0 Å². The molecule has 0 bridgehead atoms. The Morgan fingerprint density at radius 1 is 1.00 bits per heavy atom. The molecule has 2 aromatic rings. The van der Waals surface area contributed by atoms with Gasteiger partial charge in [-0.15, -0.1) is 0 Å². The van der Waals surface area contributed by atoms with Gasteiger partial charge in [0.05, 0.1) is 11.6 Å². The highest BCUT2D eigenvalue weighted by Gasteiger charge is 2.11. The van der Waals surface area contributed by atoms with Gasteiger partial charge in [0.25, 0.3) is 0 Å². The summed E-state index contributed by atoms with van der Waals surface area (Å²) < 4.78 is 0. The summed E-state index contributed by atoms with van der Waals surface area (Å²) in [6, 6.07) is 14.4. The van der Waals surface area contributed by atoms with Crippen LogP contribution < -0.4 is 5.73 Å². The molecule has 2 rings (SSSR count). The highest BCUT2D eigenvalue weighted by Crippen LogP contribution is 2.19. The van der Waals surface area contributed by atoms with Crippen molar-refractivity contribution in [1.82, 2.24) is 4.90 Å². The Hall–Kier alpha value is -2.15. The van der Waals surface area contributed by atoms with Crippen LogP contribution >= 0.6 is 0 Å². The third-order valence-corrected chi connectivity index (χ3v) is 4.16. The maximum absolute atomic E-state index is 8.90. The molecule has 23 heavy (non-hydrogen) atoms. The van der Waals surface area contributed by atoms with Gasteiger partial charge in [0.2, 0.25) is 0 Å². The molecule has 3 heteroatoms. The van der Waals surface area contributed by atoms with Crippen LogP contribution in [0.3, 0.4) is 0 Å². The van der Waals surface area contributed by atoms with Crippen LogP contribution in [0.25, 0.3) is 0 Å². The van der Waals surface area contributed by atoms with Crippen molar-refractivity contribution < 1.29 is 0 Å². The van der Waals surface area contributed by atoms with Crippen LogP contribution in [0.2, 0.25) is 0 Å². The van der Waals surface area contributed by atoms with E-state index in [1.165, 1.54) is 27.8 Å². The second kappa shape index (κ2) is 7.92. The Morgan fingerprint density at radius 3 is 2.13 bits per heavy atom. The maximum Gasteiger partial charge on any atom is 0.0991 e. The van der Waals surface area contributed by atoms with Crippen LogP contribution in [0.4, 0.5) is 0 Å². The Bertz CT molecular complexity index is 673. The molecule has 2 aromatic carbocycles. The molecule has 2 N–H and O–H groups in total. The third kappa shape index (κ3) is 4.66. The number of nitrogens with zero attached hydrogens (tertiary/aromatic N) is 2. The zero-order chi connectivity index (χ0) is 16.8. The lowest BCUT2D eigenvalue weighted by atomic mass is 9.99. The minimum atomic E-state index is 0.639. The van der Waals surface area contributed by atoms with Gasteiger partial charge in [-0.25, -0.2) is 0 Å². The van der Waals surface area contributed by atoms with E-state index in [4.69, 9.17) is 11.0 Å². The lowest BCUT2D eigenvalue weighted by Crippen LogP contribution is -2.29. The highest BCUT2D eigenvalue weighted by molar-refractivity contribution is 5.37. The Kier molecular flexibility index (Phi) is 5.92. The van der Waals surface area contributed by atoms with Gasteiger partial charge < -0.3 is 5.73 Å². The number of nitriles is 1. The lowest BCUT2D eigenvalue weighted by molar-refractivity contribution is 0.263. The fourth-order valence-corrected chi connectivity index (χ4v) is 3.02. The topological polar surface area (TPSA) is 53.0 Å². The summed E-state index contributed by atoms with van der Waals surface area (Å²) in [5.41, 5.74) is 13.1. The molecule has 0 saturated heterocycles. The molecule has 3 nitrogen and oxygen atoms in total. The van der Waals surface area contributed by atoms with E-state index in [-0.39, 0.29) is 0 Å². The second-order valence-corrected chi connectivity index (χ2v) is 6.19. The van der Waals surface area contributed by atoms with E-state index in [1.54, 1.807) is 0 Å². The van der Waals surface area contributed by atoms with Gasteiger partial charge in [-0.1, -0.05) is 29.8 Å². The molecular weight excluding hydrogens is 282 g/mol. The number of benzene rings is 2. The van der Waals surface area contributed by atoms with Crippen LogP contribution in [0.15, 0.2) is 36.4 Å². The number of hydrogen-bond donors (Lipinski definition) is 1. The average Bonchev–Trinajstić information content (AvgIpc) is 2.51. The van der Waals surface area contributed by atoms with E-state index in [0.29, 0.717) is 12.1 Å². The largest absolute Gasteiger partial charge is 0.329 e. The van der Waals surface area contributed by atoms with Crippen molar-refractivity contribution in [2.45, 2.75) is 33.9 Å². The van der Waals surface area contributed by atoms with Gasteiger partial charge >= 0.3 is 0 Å². The molecule has 0 heterocycles. The van der Waals surface area contributed by atoms with Crippen molar-refractivity contribution in [3.8, 4) is 6.07 Å². The number of nitrogens with two attached hydrogens (primary N) is 1. The SMILES string of the molecule is Cc1cc(C)c(CN(CCN)Cc2ccc(C#N)cc2)c(C)c1. The zero-order valence-corrected chi connectivity index (χ0v) is 14.3. The van der Waals surface area contributed by atoms with Crippen molar-refractivity contribution in [1.29, 1.82) is 5.26 Å². The number of rotatable bonds is 6. The number of aryl methyl sites for hydroxylation is 3. The van der Waals surface area contributed by atoms with Gasteiger partial charge in [0.15, 0.2) is 0 Å². The first-order chi connectivity index (χ1) is 11.0. The molecule has 0 saturated carbocycles. The Labute approximate surface area is 139 Å². The molecule has 0 amide bonds. The summed E-state index contributed by atoms with van der Waals surface area (Å²) in [6.07, 6.45) is 0. The first kappa shape index (κ1) is 17.2. The summed E-state index contributed by atoms with van der Waals surface area (Å²) in [6.45, 7) is 9.73. The molecule has 0 aromatic heterocycles. The molecular formula is C20H25N3. The molecule has 120 valence electrons. The van der Waals surface area contributed by atoms with E-state index in [9.17, 15) is 0 Å². The van der Waals surface area contributed by atoms with E-state index in [2.05, 4.69) is 43.9 Å². The minimum Gasteiger partial charge on any atom is -0.329 e. The molecule has 0 fully saturated rings. The highest BCUT2D eigenvalue weighted by atomic mass is 15.1. The quantitative estimate of drug-likeness (QED) is 0.889. The molecule has 0 spiro atoms. The van der Waals surface area contributed by atoms with Crippen LogP contribution in [0, 0.1) is 32.1 Å². The van der Waals surface area contributed by atoms with Crippen molar-refractivity contribution in [2.24, 2.45) is 5.73 Å². The van der Waals surface area contributed by atoms with E-state index in [1.807, 2.05) is 24.3 Å². The first-order valence-electron chi connectivity index (χ1n) is 8.01. The molecule has 0 radical (unpaired) electrons. The van der Waals surface area contributed by atoms with Crippen molar-refractivity contribution in [3.05, 3.63) is 69.8 Å². The van der Waals surface area contributed by atoms with Crippen molar-refractivity contribution in [2.75, 3.05) is 13.1 Å². The van der Waals surface area contributed by atoms with Crippen LogP contribution in [0.1, 0.15) is 33.4 Å². The zero-order valence-electron chi connectivity index (χ0n) is 14.3. The van der Waals surface area contributed by atoms with Gasteiger partial charge in [-0.2, -0.15) is 5.26 Å². The standard InChI is InChI=1S/C20H25N3/c1-15-10-16(2)20(17(3)11-15)14-23(9-8-21)13-19-6-4-18(12-22)5-7-19/h4-7,10-11H,8-9,13-14,21H2,1-3H3. The predicted molar refractivity (Wildman–Crippen MR) is 95.0 cm³/mol. The van der Waals surface area contributed by atoms with E-state index in [0.717, 1.165) is 19.6 Å². The molecule has 0 aliphatic heterocycles. The summed E-state index contributed by atoms with van der Waals surface area (Å²) in [5, 5.41) is 8.90.